The highest BCUT2D eigenvalue weighted by atomic mass is 16.3. The fraction of sp³-hybridized carbons (Fsp3) is 0.0526. The summed E-state index contributed by atoms with van der Waals surface area (Å²) in [7, 11) is 1.80. The summed E-state index contributed by atoms with van der Waals surface area (Å²) in [6.45, 7) is 0. The molecule has 4 rings (SSSR count). The minimum Gasteiger partial charge on any atom is -0.508 e. The van der Waals surface area contributed by atoms with Gasteiger partial charge in [0, 0.05) is 31.3 Å². The summed E-state index contributed by atoms with van der Waals surface area (Å²) in [4.78, 5) is 14.9. The number of anilines is 2. The molecule has 0 atom stereocenters. The molecule has 0 aliphatic carbocycles. The Labute approximate surface area is 144 Å². The molecule has 1 aromatic carbocycles. The number of pyridine rings is 1. The predicted molar refractivity (Wildman–Crippen MR) is 95.2 cm³/mol. The summed E-state index contributed by atoms with van der Waals surface area (Å²) in [5, 5.41) is 13.7. The molecule has 0 radical (unpaired) electrons. The summed E-state index contributed by atoms with van der Waals surface area (Å²) in [5.74, 6) is -0.0101. The van der Waals surface area contributed by atoms with Gasteiger partial charge in [0.25, 0.3) is 5.91 Å². The number of rotatable bonds is 3. The van der Waals surface area contributed by atoms with Gasteiger partial charge in [-0.25, -0.2) is 0 Å². The first-order valence-corrected chi connectivity index (χ1v) is 7.81. The van der Waals surface area contributed by atoms with E-state index in [2.05, 4.69) is 5.10 Å². The number of hydrogen-bond acceptors (Lipinski definition) is 3. The number of phenols is 1. The van der Waals surface area contributed by atoms with Crippen LogP contribution in [0.4, 0.5) is 11.4 Å². The fourth-order valence-electron chi connectivity index (χ4n) is 2.86. The molecule has 0 aliphatic rings. The Balaban J connectivity index is 1.85. The van der Waals surface area contributed by atoms with Crippen LogP contribution in [0.15, 0.2) is 73.3 Å². The molecule has 0 bridgehead atoms. The lowest BCUT2D eigenvalue weighted by molar-refractivity contribution is 0.100. The van der Waals surface area contributed by atoms with Crippen LogP contribution < -0.4 is 4.90 Å². The van der Waals surface area contributed by atoms with E-state index in [1.54, 1.807) is 59.4 Å². The largest absolute Gasteiger partial charge is 0.508 e. The molecule has 0 spiro atoms. The van der Waals surface area contributed by atoms with E-state index in [1.165, 1.54) is 0 Å². The van der Waals surface area contributed by atoms with E-state index in [0.717, 1.165) is 5.52 Å². The van der Waals surface area contributed by atoms with Crippen molar-refractivity contribution in [3.8, 4) is 5.75 Å². The maximum atomic E-state index is 13.3. The van der Waals surface area contributed by atoms with Crippen LogP contribution in [0.25, 0.3) is 5.52 Å². The van der Waals surface area contributed by atoms with Crippen LogP contribution in [-0.4, -0.2) is 25.2 Å². The van der Waals surface area contributed by atoms with Crippen molar-refractivity contribution in [2.75, 3.05) is 4.90 Å². The van der Waals surface area contributed by atoms with Crippen LogP contribution in [0, 0.1) is 0 Å². The number of amides is 1. The second-order valence-corrected chi connectivity index (χ2v) is 5.75. The summed E-state index contributed by atoms with van der Waals surface area (Å²) in [6.07, 6.45) is 7.19. The van der Waals surface area contributed by atoms with Gasteiger partial charge in [0.1, 0.15) is 5.75 Å². The highest BCUT2D eigenvalue weighted by molar-refractivity contribution is 6.14. The zero-order valence-corrected chi connectivity index (χ0v) is 13.6. The molecule has 124 valence electrons. The quantitative estimate of drug-likeness (QED) is 0.626. The van der Waals surface area contributed by atoms with Gasteiger partial charge in [-0.1, -0.05) is 6.07 Å². The van der Waals surface area contributed by atoms with E-state index in [-0.39, 0.29) is 11.7 Å². The molecule has 1 amide bonds. The Hall–Kier alpha value is -3.54. The number of nitrogens with zero attached hydrogens (tertiary/aromatic N) is 4. The number of carbonyl (C=O) groups excluding carboxylic acids is 1. The standard InChI is InChI=1S/C19H16N4O2/c1-21-13-15(12-20-21)23(14-5-7-16(24)8-6-14)19(25)17-9-11-22-10-3-2-4-18(17)22/h2-13,24H,1H3. The van der Waals surface area contributed by atoms with Gasteiger partial charge in [-0.2, -0.15) is 5.10 Å². The van der Waals surface area contributed by atoms with Crippen molar-refractivity contribution in [3.63, 3.8) is 0 Å². The minimum absolute atomic E-state index is 0.150. The maximum absolute atomic E-state index is 13.3. The van der Waals surface area contributed by atoms with Gasteiger partial charge in [0.2, 0.25) is 0 Å². The molecular weight excluding hydrogens is 316 g/mol. The smallest absolute Gasteiger partial charge is 0.265 e. The van der Waals surface area contributed by atoms with Crippen molar-refractivity contribution >= 4 is 22.8 Å². The Bertz CT molecular complexity index is 1050. The second kappa shape index (κ2) is 5.83. The zero-order valence-electron chi connectivity index (χ0n) is 13.6. The van der Waals surface area contributed by atoms with E-state index in [4.69, 9.17) is 0 Å². The van der Waals surface area contributed by atoms with Crippen molar-refractivity contribution in [1.29, 1.82) is 0 Å². The second-order valence-electron chi connectivity index (χ2n) is 5.75. The molecule has 0 unspecified atom stereocenters. The molecule has 3 heterocycles. The molecular formula is C19H16N4O2. The molecule has 4 aromatic rings. The van der Waals surface area contributed by atoms with Crippen molar-refractivity contribution in [2.24, 2.45) is 7.05 Å². The lowest BCUT2D eigenvalue weighted by Gasteiger charge is -2.21. The topological polar surface area (TPSA) is 62.8 Å². The molecule has 1 N–H and O–H groups in total. The summed E-state index contributed by atoms with van der Waals surface area (Å²) in [6, 6.07) is 14.1. The van der Waals surface area contributed by atoms with Crippen LogP contribution in [0.2, 0.25) is 0 Å². The SMILES string of the molecule is Cn1cc(N(C(=O)c2ccn3ccccc23)c2ccc(O)cc2)cn1. The van der Waals surface area contributed by atoms with Gasteiger partial charge in [0.05, 0.1) is 23.0 Å². The van der Waals surface area contributed by atoms with Crippen LogP contribution in [0.5, 0.6) is 5.75 Å². The van der Waals surface area contributed by atoms with E-state index < -0.39 is 0 Å². The number of aryl methyl sites for hydroxylation is 1. The Morgan fingerprint density at radius 2 is 1.84 bits per heavy atom. The van der Waals surface area contributed by atoms with Gasteiger partial charge in [-0.3, -0.25) is 14.4 Å². The number of fused-ring (bicyclic) bond motifs is 1. The van der Waals surface area contributed by atoms with Crippen LogP contribution in [0.1, 0.15) is 10.4 Å². The Morgan fingerprint density at radius 1 is 1.04 bits per heavy atom. The highest BCUT2D eigenvalue weighted by Crippen LogP contribution is 2.29. The molecule has 3 aromatic heterocycles. The van der Waals surface area contributed by atoms with Gasteiger partial charge >= 0.3 is 0 Å². The van der Waals surface area contributed by atoms with E-state index in [0.29, 0.717) is 16.9 Å². The Morgan fingerprint density at radius 3 is 2.56 bits per heavy atom. The van der Waals surface area contributed by atoms with Crippen LogP contribution in [0.3, 0.4) is 0 Å². The Kier molecular flexibility index (Phi) is 3.50. The number of phenolic OH excluding ortho intramolecular Hbond substituents is 1. The van der Waals surface area contributed by atoms with Crippen molar-refractivity contribution in [1.82, 2.24) is 14.2 Å². The van der Waals surface area contributed by atoms with E-state index in [9.17, 15) is 9.90 Å². The average molecular weight is 332 g/mol. The zero-order chi connectivity index (χ0) is 17.4. The number of aromatic hydroxyl groups is 1. The van der Waals surface area contributed by atoms with Gasteiger partial charge in [0.15, 0.2) is 0 Å². The molecule has 0 saturated carbocycles. The fourth-order valence-corrected chi connectivity index (χ4v) is 2.86. The number of benzene rings is 1. The van der Waals surface area contributed by atoms with Gasteiger partial charge in [-0.05, 0) is 42.5 Å². The molecule has 6 nitrogen and oxygen atoms in total. The summed E-state index contributed by atoms with van der Waals surface area (Å²) in [5.41, 5.74) is 2.75. The van der Waals surface area contributed by atoms with Crippen molar-refractivity contribution in [2.45, 2.75) is 0 Å². The van der Waals surface area contributed by atoms with E-state index in [1.807, 2.05) is 35.0 Å². The summed E-state index contributed by atoms with van der Waals surface area (Å²) >= 11 is 0. The average Bonchev–Trinajstić information content (AvgIpc) is 3.23. The monoisotopic (exact) mass is 332 g/mol. The van der Waals surface area contributed by atoms with Crippen LogP contribution >= 0.6 is 0 Å². The number of carbonyl (C=O) groups is 1. The number of aromatic nitrogens is 3. The molecule has 6 heteroatoms. The van der Waals surface area contributed by atoms with Crippen molar-refractivity contribution in [3.05, 3.63) is 78.9 Å². The van der Waals surface area contributed by atoms with Crippen LogP contribution in [-0.2, 0) is 7.05 Å². The third-order valence-corrected chi connectivity index (χ3v) is 4.06. The first-order valence-electron chi connectivity index (χ1n) is 7.81. The lowest BCUT2D eigenvalue weighted by Crippen LogP contribution is -2.25. The predicted octanol–water partition coefficient (Wildman–Crippen LogP) is 3.36. The molecule has 0 aliphatic heterocycles. The van der Waals surface area contributed by atoms with Gasteiger partial charge < -0.3 is 9.51 Å². The van der Waals surface area contributed by atoms with Gasteiger partial charge in [-0.15, -0.1) is 0 Å². The summed E-state index contributed by atoms with van der Waals surface area (Å²) < 4.78 is 3.55. The normalized spacial score (nSPS) is 10.9. The first-order chi connectivity index (χ1) is 12.1. The lowest BCUT2D eigenvalue weighted by atomic mass is 10.2. The number of hydrogen-bond donors (Lipinski definition) is 1. The molecule has 25 heavy (non-hydrogen) atoms. The third kappa shape index (κ3) is 2.63. The maximum Gasteiger partial charge on any atom is 0.265 e. The minimum atomic E-state index is -0.160. The molecule has 0 saturated heterocycles. The third-order valence-electron chi connectivity index (χ3n) is 4.06. The highest BCUT2D eigenvalue weighted by Gasteiger charge is 2.23. The molecule has 0 fully saturated rings. The van der Waals surface area contributed by atoms with Crippen molar-refractivity contribution < 1.29 is 9.90 Å². The first kappa shape index (κ1) is 15.0. The van der Waals surface area contributed by atoms with E-state index >= 15 is 0 Å².